The first-order valence-corrected chi connectivity index (χ1v) is 10.9. The maximum absolute atomic E-state index is 12.6. The van der Waals surface area contributed by atoms with Gasteiger partial charge < -0.3 is 20.3 Å². The molecule has 8 heteroatoms. The molecule has 0 radical (unpaired) electrons. The van der Waals surface area contributed by atoms with Crippen LogP contribution < -0.4 is 15.4 Å². The van der Waals surface area contributed by atoms with Crippen LogP contribution in [-0.4, -0.2) is 34.6 Å². The van der Waals surface area contributed by atoms with Crippen LogP contribution in [0.2, 0.25) is 0 Å². The second kappa shape index (κ2) is 9.23. The Labute approximate surface area is 184 Å². The Bertz CT molecular complexity index is 1010. The summed E-state index contributed by atoms with van der Waals surface area (Å²) >= 11 is 7.31. The van der Waals surface area contributed by atoms with Crippen molar-refractivity contribution < 1.29 is 9.53 Å². The van der Waals surface area contributed by atoms with E-state index in [1.807, 2.05) is 48.5 Å². The number of nitrogens with one attached hydrogen (secondary N) is 2. The third kappa shape index (κ3) is 4.29. The lowest BCUT2D eigenvalue weighted by atomic mass is 10.0. The maximum atomic E-state index is 12.6. The Kier molecular flexibility index (Phi) is 6.25. The molecule has 0 saturated carbocycles. The van der Waals surface area contributed by atoms with E-state index < -0.39 is 0 Å². The number of rotatable bonds is 7. The zero-order chi connectivity index (χ0) is 20.9. The molecule has 154 valence electrons. The van der Waals surface area contributed by atoms with Gasteiger partial charge in [-0.25, -0.2) is 0 Å². The molecular formula is C22H22N4O2S2. The van der Waals surface area contributed by atoms with E-state index in [-0.39, 0.29) is 18.0 Å². The number of hydrogen-bond donors (Lipinski definition) is 2. The van der Waals surface area contributed by atoms with Crippen LogP contribution in [0.15, 0.2) is 66.2 Å². The third-order valence-corrected chi connectivity index (χ3v) is 6.29. The SMILES string of the molecule is COc1ccccc1NC(=O)CCN1C(=S)NC(c2ccccn2)C1c1cccs1. The molecule has 1 fully saturated rings. The van der Waals surface area contributed by atoms with Crippen LogP contribution in [0.1, 0.15) is 29.1 Å². The first-order chi connectivity index (χ1) is 14.7. The minimum atomic E-state index is -0.0893. The Morgan fingerprint density at radius 1 is 1.23 bits per heavy atom. The summed E-state index contributed by atoms with van der Waals surface area (Å²) in [5, 5.41) is 9.02. The molecule has 2 aromatic heterocycles. The number of methoxy groups -OCH3 is 1. The molecule has 4 rings (SSSR count). The summed E-state index contributed by atoms with van der Waals surface area (Å²) in [4.78, 5) is 20.4. The van der Waals surface area contributed by atoms with Gasteiger partial charge in [0.1, 0.15) is 5.75 Å². The fraction of sp³-hybridized carbons (Fsp3) is 0.227. The molecule has 1 aliphatic rings. The minimum Gasteiger partial charge on any atom is -0.495 e. The fourth-order valence-corrected chi connectivity index (χ4v) is 4.80. The molecule has 3 heterocycles. The van der Waals surface area contributed by atoms with Crippen molar-refractivity contribution in [3.63, 3.8) is 0 Å². The molecule has 3 aromatic rings. The summed E-state index contributed by atoms with van der Waals surface area (Å²) in [6, 6.07) is 17.3. The number of hydrogen-bond acceptors (Lipinski definition) is 5. The highest BCUT2D eigenvalue weighted by molar-refractivity contribution is 7.80. The molecule has 0 aliphatic carbocycles. The zero-order valence-corrected chi connectivity index (χ0v) is 18.1. The highest BCUT2D eigenvalue weighted by Gasteiger charge is 2.40. The van der Waals surface area contributed by atoms with Gasteiger partial charge in [-0.15, -0.1) is 11.3 Å². The number of carbonyl (C=O) groups excluding carboxylic acids is 1. The van der Waals surface area contributed by atoms with Crippen molar-refractivity contribution in [3.05, 3.63) is 76.7 Å². The van der Waals surface area contributed by atoms with Crippen molar-refractivity contribution in [1.29, 1.82) is 0 Å². The van der Waals surface area contributed by atoms with E-state index in [1.165, 1.54) is 4.88 Å². The second-order valence-electron chi connectivity index (χ2n) is 6.83. The van der Waals surface area contributed by atoms with Crippen LogP contribution in [0.4, 0.5) is 5.69 Å². The summed E-state index contributed by atoms with van der Waals surface area (Å²) < 4.78 is 5.31. The van der Waals surface area contributed by atoms with Crippen molar-refractivity contribution in [1.82, 2.24) is 15.2 Å². The van der Waals surface area contributed by atoms with Gasteiger partial charge in [0.15, 0.2) is 5.11 Å². The summed E-state index contributed by atoms with van der Waals surface area (Å²) in [6.45, 7) is 0.499. The van der Waals surface area contributed by atoms with Gasteiger partial charge in [0.05, 0.1) is 30.6 Å². The van der Waals surface area contributed by atoms with Crippen LogP contribution in [0.5, 0.6) is 5.75 Å². The van der Waals surface area contributed by atoms with Gasteiger partial charge in [0, 0.05) is 24.0 Å². The number of para-hydroxylation sites is 2. The molecule has 2 N–H and O–H groups in total. The van der Waals surface area contributed by atoms with Crippen molar-refractivity contribution in [3.8, 4) is 5.75 Å². The second-order valence-corrected chi connectivity index (χ2v) is 8.20. The molecule has 6 nitrogen and oxygen atoms in total. The number of nitrogens with zero attached hydrogens (tertiary/aromatic N) is 2. The highest BCUT2D eigenvalue weighted by Crippen LogP contribution is 2.40. The largest absolute Gasteiger partial charge is 0.495 e. The van der Waals surface area contributed by atoms with Gasteiger partial charge in [-0.05, 0) is 47.9 Å². The minimum absolute atomic E-state index is 0.00791. The van der Waals surface area contributed by atoms with E-state index in [0.717, 1.165) is 5.69 Å². The average molecular weight is 439 g/mol. The molecule has 2 unspecified atom stereocenters. The van der Waals surface area contributed by atoms with Crippen molar-refractivity contribution in [2.24, 2.45) is 0 Å². The lowest BCUT2D eigenvalue weighted by Crippen LogP contribution is -2.32. The average Bonchev–Trinajstić information content (AvgIpc) is 3.41. The van der Waals surface area contributed by atoms with Gasteiger partial charge >= 0.3 is 0 Å². The molecule has 1 aliphatic heterocycles. The van der Waals surface area contributed by atoms with Gasteiger partial charge in [-0.2, -0.15) is 0 Å². The highest BCUT2D eigenvalue weighted by atomic mass is 32.1. The molecule has 30 heavy (non-hydrogen) atoms. The standard InChI is InChI=1S/C22H22N4O2S2/c1-28-17-9-3-2-7-15(17)24-19(27)11-13-26-21(18-10-6-14-30-18)20(25-22(26)29)16-8-4-5-12-23-16/h2-10,12,14,20-21H,11,13H2,1H3,(H,24,27)(H,25,29). The topological polar surface area (TPSA) is 66.5 Å². The smallest absolute Gasteiger partial charge is 0.226 e. The van der Waals surface area contributed by atoms with Gasteiger partial charge in [-0.1, -0.05) is 24.3 Å². The Morgan fingerprint density at radius 2 is 2.07 bits per heavy atom. The number of carbonyl (C=O) groups is 1. The zero-order valence-electron chi connectivity index (χ0n) is 16.4. The van der Waals surface area contributed by atoms with E-state index in [1.54, 1.807) is 24.6 Å². The van der Waals surface area contributed by atoms with Crippen molar-refractivity contribution in [2.45, 2.75) is 18.5 Å². The number of aromatic nitrogens is 1. The first kappa shape index (κ1) is 20.3. The molecule has 0 spiro atoms. The lowest BCUT2D eigenvalue weighted by Gasteiger charge is -2.26. The summed E-state index contributed by atoms with van der Waals surface area (Å²) in [5.74, 6) is 0.546. The number of amides is 1. The van der Waals surface area contributed by atoms with Crippen LogP contribution in [0.3, 0.4) is 0 Å². The third-order valence-electron chi connectivity index (χ3n) is 4.99. The lowest BCUT2D eigenvalue weighted by molar-refractivity contribution is -0.116. The van der Waals surface area contributed by atoms with Gasteiger partial charge in [-0.3, -0.25) is 9.78 Å². The van der Waals surface area contributed by atoms with Crippen molar-refractivity contribution in [2.75, 3.05) is 19.0 Å². The monoisotopic (exact) mass is 438 g/mol. The molecule has 1 aromatic carbocycles. The van der Waals surface area contributed by atoms with E-state index in [0.29, 0.717) is 29.5 Å². The van der Waals surface area contributed by atoms with Crippen LogP contribution in [0, 0.1) is 0 Å². The normalized spacial score (nSPS) is 18.2. The number of pyridine rings is 1. The summed E-state index contributed by atoms with van der Waals surface area (Å²) in [6.07, 6.45) is 2.09. The summed E-state index contributed by atoms with van der Waals surface area (Å²) in [7, 11) is 1.59. The van der Waals surface area contributed by atoms with Crippen LogP contribution >= 0.6 is 23.6 Å². The molecule has 1 saturated heterocycles. The Hall–Kier alpha value is -2.97. The number of ether oxygens (including phenoxy) is 1. The number of thiocarbonyl (C=S) groups is 1. The summed E-state index contributed by atoms with van der Waals surface area (Å²) in [5.41, 5.74) is 1.59. The molecule has 1 amide bonds. The van der Waals surface area contributed by atoms with Gasteiger partial charge in [0.2, 0.25) is 5.91 Å². The van der Waals surface area contributed by atoms with Crippen LogP contribution in [0.25, 0.3) is 0 Å². The molecular weight excluding hydrogens is 416 g/mol. The number of thiophene rings is 1. The Morgan fingerprint density at radius 3 is 2.80 bits per heavy atom. The van der Waals surface area contributed by atoms with Gasteiger partial charge in [0.25, 0.3) is 0 Å². The molecule has 2 atom stereocenters. The number of anilines is 1. The first-order valence-electron chi connectivity index (χ1n) is 9.61. The van der Waals surface area contributed by atoms with E-state index in [4.69, 9.17) is 17.0 Å². The van der Waals surface area contributed by atoms with E-state index in [2.05, 4.69) is 32.0 Å². The Balaban J connectivity index is 1.49. The van der Waals surface area contributed by atoms with E-state index in [9.17, 15) is 4.79 Å². The quantitative estimate of drug-likeness (QED) is 0.540. The van der Waals surface area contributed by atoms with Crippen molar-refractivity contribution >= 4 is 40.3 Å². The van der Waals surface area contributed by atoms with E-state index >= 15 is 0 Å². The number of benzene rings is 1. The maximum Gasteiger partial charge on any atom is 0.226 e. The molecule has 0 bridgehead atoms. The predicted molar refractivity (Wildman–Crippen MR) is 123 cm³/mol. The van der Waals surface area contributed by atoms with Crippen LogP contribution in [-0.2, 0) is 4.79 Å². The predicted octanol–water partition coefficient (Wildman–Crippen LogP) is 4.15. The fourth-order valence-electron chi connectivity index (χ4n) is 3.60.